The highest BCUT2D eigenvalue weighted by Crippen LogP contribution is 2.23. The Bertz CT molecular complexity index is 841. The predicted molar refractivity (Wildman–Crippen MR) is 103 cm³/mol. The first kappa shape index (κ1) is 15.4. The Balaban J connectivity index is 1.49. The van der Waals surface area contributed by atoms with E-state index in [2.05, 4.69) is 33.0 Å². The quantitative estimate of drug-likeness (QED) is 0.748. The van der Waals surface area contributed by atoms with E-state index >= 15 is 0 Å². The fourth-order valence-corrected chi connectivity index (χ4v) is 3.16. The van der Waals surface area contributed by atoms with E-state index in [9.17, 15) is 0 Å². The van der Waals surface area contributed by atoms with E-state index in [1.54, 1.807) is 0 Å². The Kier molecular flexibility index (Phi) is 4.21. The molecule has 3 heterocycles. The molecule has 5 heteroatoms. The molecule has 0 bridgehead atoms. The second-order valence-electron chi connectivity index (χ2n) is 6.17. The van der Waals surface area contributed by atoms with Crippen LogP contribution in [0.1, 0.15) is 0 Å². The summed E-state index contributed by atoms with van der Waals surface area (Å²) in [6, 6.07) is 20.1. The normalized spacial score (nSPS) is 14.6. The van der Waals surface area contributed by atoms with Gasteiger partial charge in [-0.15, -0.1) is 0 Å². The van der Waals surface area contributed by atoms with Gasteiger partial charge in [-0.3, -0.25) is 0 Å². The molecule has 0 unspecified atom stereocenters. The summed E-state index contributed by atoms with van der Waals surface area (Å²) < 4.78 is 0. The standard InChI is InChI=1S/C20H21N5/c21-17-6-3-5-16(15-17)18-7-4-9-20(23-18)25-13-11-24(12-14-25)19-8-1-2-10-22-19/h1-10,15H,11-14,21H2. The minimum absolute atomic E-state index is 0.758. The number of nitrogen functional groups attached to an aromatic ring is 1. The van der Waals surface area contributed by atoms with Crippen molar-refractivity contribution in [3.63, 3.8) is 0 Å². The van der Waals surface area contributed by atoms with E-state index in [0.717, 1.165) is 54.8 Å². The number of rotatable bonds is 3. The Labute approximate surface area is 147 Å². The predicted octanol–water partition coefficient (Wildman–Crippen LogP) is 3.05. The molecule has 3 aromatic rings. The first-order chi connectivity index (χ1) is 12.3. The van der Waals surface area contributed by atoms with Crippen molar-refractivity contribution >= 4 is 17.3 Å². The van der Waals surface area contributed by atoms with E-state index in [4.69, 9.17) is 10.7 Å². The summed E-state index contributed by atoms with van der Waals surface area (Å²) in [5, 5.41) is 0. The van der Waals surface area contributed by atoms with Crippen LogP contribution in [0.15, 0.2) is 66.9 Å². The maximum Gasteiger partial charge on any atom is 0.129 e. The number of piperazine rings is 1. The number of nitrogens with zero attached hydrogens (tertiary/aromatic N) is 4. The van der Waals surface area contributed by atoms with E-state index in [1.807, 2.05) is 48.7 Å². The van der Waals surface area contributed by atoms with Crippen LogP contribution < -0.4 is 15.5 Å². The van der Waals surface area contributed by atoms with Gasteiger partial charge in [-0.05, 0) is 36.4 Å². The van der Waals surface area contributed by atoms with Crippen LogP contribution in [0.4, 0.5) is 17.3 Å². The van der Waals surface area contributed by atoms with Gasteiger partial charge >= 0.3 is 0 Å². The van der Waals surface area contributed by atoms with Crippen molar-refractivity contribution in [2.24, 2.45) is 0 Å². The SMILES string of the molecule is Nc1cccc(-c2cccc(N3CCN(c4ccccn4)CC3)n2)c1. The number of hydrogen-bond donors (Lipinski definition) is 1. The molecule has 0 saturated carbocycles. The lowest BCUT2D eigenvalue weighted by Crippen LogP contribution is -2.47. The lowest BCUT2D eigenvalue weighted by Gasteiger charge is -2.36. The molecule has 0 amide bonds. The zero-order valence-electron chi connectivity index (χ0n) is 14.0. The van der Waals surface area contributed by atoms with Gasteiger partial charge in [-0.25, -0.2) is 9.97 Å². The Morgan fingerprint density at radius 1 is 0.760 bits per heavy atom. The van der Waals surface area contributed by atoms with E-state index in [-0.39, 0.29) is 0 Å². The second-order valence-corrected chi connectivity index (χ2v) is 6.17. The molecule has 2 aromatic heterocycles. The molecule has 4 rings (SSSR count). The molecule has 1 aromatic carbocycles. The molecule has 0 spiro atoms. The minimum atomic E-state index is 0.758. The third kappa shape index (κ3) is 3.40. The topological polar surface area (TPSA) is 58.3 Å². The molecule has 0 atom stereocenters. The summed E-state index contributed by atoms with van der Waals surface area (Å²) >= 11 is 0. The van der Waals surface area contributed by atoms with Gasteiger partial charge < -0.3 is 15.5 Å². The van der Waals surface area contributed by atoms with Crippen molar-refractivity contribution in [2.75, 3.05) is 41.7 Å². The van der Waals surface area contributed by atoms with Crippen molar-refractivity contribution in [1.82, 2.24) is 9.97 Å². The Hall–Kier alpha value is -3.08. The van der Waals surface area contributed by atoms with Gasteiger partial charge in [0, 0.05) is 43.6 Å². The Morgan fingerprint density at radius 2 is 1.48 bits per heavy atom. The fourth-order valence-electron chi connectivity index (χ4n) is 3.16. The van der Waals surface area contributed by atoms with Crippen molar-refractivity contribution < 1.29 is 0 Å². The highest BCUT2D eigenvalue weighted by molar-refractivity contribution is 5.65. The number of pyridine rings is 2. The van der Waals surface area contributed by atoms with Crippen LogP contribution in [0.2, 0.25) is 0 Å². The highest BCUT2D eigenvalue weighted by atomic mass is 15.3. The van der Waals surface area contributed by atoms with Crippen molar-refractivity contribution in [1.29, 1.82) is 0 Å². The van der Waals surface area contributed by atoms with E-state index in [1.165, 1.54) is 0 Å². The van der Waals surface area contributed by atoms with Crippen molar-refractivity contribution in [3.05, 3.63) is 66.9 Å². The zero-order valence-corrected chi connectivity index (χ0v) is 14.0. The number of nitrogens with two attached hydrogens (primary N) is 1. The molecule has 1 aliphatic rings. The van der Waals surface area contributed by atoms with Crippen LogP contribution in [0.25, 0.3) is 11.3 Å². The first-order valence-electron chi connectivity index (χ1n) is 8.53. The van der Waals surface area contributed by atoms with Crippen LogP contribution in [0.3, 0.4) is 0 Å². The van der Waals surface area contributed by atoms with Gasteiger partial charge in [0.25, 0.3) is 0 Å². The maximum absolute atomic E-state index is 5.90. The summed E-state index contributed by atoms with van der Waals surface area (Å²) in [7, 11) is 0. The maximum atomic E-state index is 5.90. The number of benzene rings is 1. The summed E-state index contributed by atoms with van der Waals surface area (Å²) in [6.45, 7) is 3.76. The molecule has 1 saturated heterocycles. The molecule has 1 aliphatic heterocycles. The summed E-state index contributed by atoms with van der Waals surface area (Å²) in [5.74, 6) is 2.06. The summed E-state index contributed by atoms with van der Waals surface area (Å²) in [6.07, 6.45) is 1.85. The lowest BCUT2D eigenvalue weighted by molar-refractivity contribution is 0.642. The molecular formula is C20H21N5. The Morgan fingerprint density at radius 3 is 2.20 bits per heavy atom. The largest absolute Gasteiger partial charge is 0.399 e. The van der Waals surface area contributed by atoms with Crippen LogP contribution in [0.5, 0.6) is 0 Å². The number of anilines is 3. The molecule has 0 aliphatic carbocycles. The number of hydrogen-bond acceptors (Lipinski definition) is 5. The lowest BCUT2D eigenvalue weighted by atomic mass is 10.1. The van der Waals surface area contributed by atoms with Crippen LogP contribution >= 0.6 is 0 Å². The van der Waals surface area contributed by atoms with Crippen molar-refractivity contribution in [3.8, 4) is 11.3 Å². The van der Waals surface area contributed by atoms with Gasteiger partial charge in [0.2, 0.25) is 0 Å². The second kappa shape index (κ2) is 6.81. The molecule has 126 valence electrons. The van der Waals surface area contributed by atoms with Crippen LogP contribution in [-0.2, 0) is 0 Å². The molecule has 1 fully saturated rings. The average molecular weight is 331 g/mol. The smallest absolute Gasteiger partial charge is 0.129 e. The van der Waals surface area contributed by atoms with Gasteiger partial charge in [-0.2, -0.15) is 0 Å². The first-order valence-corrected chi connectivity index (χ1v) is 8.53. The molecular weight excluding hydrogens is 310 g/mol. The zero-order chi connectivity index (χ0) is 17.1. The third-order valence-electron chi connectivity index (χ3n) is 4.49. The van der Waals surface area contributed by atoms with E-state index in [0.29, 0.717) is 0 Å². The van der Waals surface area contributed by atoms with Crippen molar-refractivity contribution in [2.45, 2.75) is 0 Å². The summed E-state index contributed by atoms with van der Waals surface area (Å²) in [5.41, 5.74) is 8.66. The van der Waals surface area contributed by atoms with Gasteiger partial charge in [0.15, 0.2) is 0 Å². The highest BCUT2D eigenvalue weighted by Gasteiger charge is 2.19. The van der Waals surface area contributed by atoms with Crippen LogP contribution in [-0.4, -0.2) is 36.1 Å². The van der Waals surface area contributed by atoms with E-state index < -0.39 is 0 Å². The minimum Gasteiger partial charge on any atom is -0.399 e. The molecule has 5 nitrogen and oxygen atoms in total. The van der Waals surface area contributed by atoms with Crippen LogP contribution in [0, 0.1) is 0 Å². The molecule has 25 heavy (non-hydrogen) atoms. The number of aromatic nitrogens is 2. The molecule has 2 N–H and O–H groups in total. The molecule has 0 radical (unpaired) electrons. The van der Waals surface area contributed by atoms with Gasteiger partial charge in [0.05, 0.1) is 5.69 Å². The van der Waals surface area contributed by atoms with Gasteiger partial charge in [-0.1, -0.05) is 24.3 Å². The monoisotopic (exact) mass is 331 g/mol. The average Bonchev–Trinajstić information content (AvgIpc) is 2.69. The summed E-state index contributed by atoms with van der Waals surface area (Å²) in [4.78, 5) is 13.9. The fraction of sp³-hybridized carbons (Fsp3) is 0.200. The van der Waals surface area contributed by atoms with Gasteiger partial charge in [0.1, 0.15) is 11.6 Å². The third-order valence-corrected chi connectivity index (χ3v) is 4.49.